The molecular weight excluding hydrogens is 257 g/mol. The molecule has 0 saturated carbocycles. The third kappa shape index (κ3) is 4.86. The summed E-state index contributed by atoms with van der Waals surface area (Å²) in [6.07, 6.45) is 1.04. The molecule has 0 radical (unpaired) electrons. The van der Waals surface area contributed by atoms with Gasteiger partial charge in [0, 0.05) is 22.4 Å². The minimum Gasteiger partial charge on any atom is -0.309 e. The second kappa shape index (κ2) is 7.96. The number of rotatable bonds is 7. The normalized spacial score (nSPS) is 12.7. The van der Waals surface area contributed by atoms with E-state index in [2.05, 4.69) is 19.2 Å². The molecule has 1 aromatic rings. The molecule has 1 unspecified atom stereocenters. The fourth-order valence-corrected chi connectivity index (χ4v) is 2.52. The Balaban J connectivity index is 2.79. The SMILES string of the molecule is CCCNC(CSCC)c1ccc(Cl)cc1F. The van der Waals surface area contributed by atoms with E-state index in [1.807, 2.05) is 11.8 Å². The summed E-state index contributed by atoms with van der Waals surface area (Å²) in [7, 11) is 0. The van der Waals surface area contributed by atoms with Crippen LogP contribution in [0.5, 0.6) is 0 Å². The molecule has 17 heavy (non-hydrogen) atoms. The molecule has 0 spiro atoms. The Morgan fingerprint density at radius 1 is 1.41 bits per heavy atom. The maximum Gasteiger partial charge on any atom is 0.129 e. The summed E-state index contributed by atoms with van der Waals surface area (Å²) in [6, 6.07) is 4.98. The van der Waals surface area contributed by atoms with Gasteiger partial charge in [-0.2, -0.15) is 11.8 Å². The lowest BCUT2D eigenvalue weighted by atomic mass is 10.1. The van der Waals surface area contributed by atoms with Crippen LogP contribution in [-0.4, -0.2) is 18.1 Å². The van der Waals surface area contributed by atoms with Crippen molar-refractivity contribution in [3.63, 3.8) is 0 Å². The van der Waals surface area contributed by atoms with Gasteiger partial charge in [-0.25, -0.2) is 4.39 Å². The lowest BCUT2D eigenvalue weighted by Gasteiger charge is -2.19. The number of hydrogen-bond donors (Lipinski definition) is 1. The van der Waals surface area contributed by atoms with Crippen molar-refractivity contribution in [1.29, 1.82) is 0 Å². The van der Waals surface area contributed by atoms with Gasteiger partial charge >= 0.3 is 0 Å². The van der Waals surface area contributed by atoms with E-state index in [9.17, 15) is 4.39 Å². The van der Waals surface area contributed by atoms with Crippen molar-refractivity contribution >= 4 is 23.4 Å². The highest BCUT2D eigenvalue weighted by Gasteiger charge is 2.15. The standard InChI is InChI=1S/C13H19ClFNS/c1-3-7-16-13(9-17-4-2)11-6-5-10(14)8-12(11)15/h5-6,8,13,16H,3-4,7,9H2,1-2H3. The third-order valence-electron chi connectivity index (χ3n) is 2.47. The van der Waals surface area contributed by atoms with E-state index < -0.39 is 0 Å². The molecule has 4 heteroatoms. The quantitative estimate of drug-likeness (QED) is 0.797. The maximum absolute atomic E-state index is 13.8. The average molecular weight is 276 g/mol. The Labute approximate surface area is 112 Å². The highest BCUT2D eigenvalue weighted by Crippen LogP contribution is 2.23. The molecule has 0 amide bonds. The Morgan fingerprint density at radius 2 is 2.18 bits per heavy atom. The van der Waals surface area contributed by atoms with Crippen LogP contribution in [0.4, 0.5) is 4.39 Å². The first-order valence-electron chi connectivity index (χ1n) is 5.95. The van der Waals surface area contributed by atoms with Gasteiger partial charge in [-0.1, -0.05) is 31.5 Å². The van der Waals surface area contributed by atoms with E-state index in [0.717, 1.165) is 24.5 Å². The Kier molecular flexibility index (Phi) is 6.93. The zero-order valence-corrected chi connectivity index (χ0v) is 11.9. The fraction of sp³-hybridized carbons (Fsp3) is 0.538. The van der Waals surface area contributed by atoms with Crippen molar-refractivity contribution in [2.75, 3.05) is 18.1 Å². The van der Waals surface area contributed by atoms with Gasteiger partial charge in [0.2, 0.25) is 0 Å². The summed E-state index contributed by atoms with van der Waals surface area (Å²) in [4.78, 5) is 0. The van der Waals surface area contributed by atoms with E-state index in [0.29, 0.717) is 10.6 Å². The van der Waals surface area contributed by atoms with Gasteiger partial charge in [-0.15, -0.1) is 0 Å². The monoisotopic (exact) mass is 275 g/mol. The first-order valence-corrected chi connectivity index (χ1v) is 7.48. The summed E-state index contributed by atoms with van der Waals surface area (Å²) in [6.45, 7) is 5.12. The predicted molar refractivity (Wildman–Crippen MR) is 75.4 cm³/mol. The minimum absolute atomic E-state index is 0.0668. The number of thioether (sulfide) groups is 1. The van der Waals surface area contributed by atoms with Crippen molar-refractivity contribution in [2.45, 2.75) is 26.3 Å². The number of hydrogen-bond acceptors (Lipinski definition) is 2. The molecule has 0 fully saturated rings. The van der Waals surface area contributed by atoms with Gasteiger partial charge in [-0.3, -0.25) is 0 Å². The molecular formula is C13H19ClFNS. The summed E-state index contributed by atoms with van der Waals surface area (Å²) in [5.74, 6) is 1.71. The fourth-order valence-electron chi connectivity index (χ4n) is 1.60. The zero-order valence-electron chi connectivity index (χ0n) is 10.3. The van der Waals surface area contributed by atoms with Crippen LogP contribution >= 0.6 is 23.4 Å². The summed E-state index contributed by atoms with van der Waals surface area (Å²) in [5, 5.41) is 3.82. The van der Waals surface area contributed by atoms with Crippen LogP contribution in [0.25, 0.3) is 0 Å². The molecule has 0 aromatic heterocycles. The lowest BCUT2D eigenvalue weighted by Crippen LogP contribution is -2.25. The summed E-state index contributed by atoms with van der Waals surface area (Å²) in [5.41, 5.74) is 0.712. The van der Waals surface area contributed by atoms with Crippen molar-refractivity contribution in [2.24, 2.45) is 0 Å². The van der Waals surface area contributed by atoms with E-state index in [1.54, 1.807) is 12.1 Å². The molecule has 1 N–H and O–H groups in total. The van der Waals surface area contributed by atoms with Gasteiger partial charge in [0.25, 0.3) is 0 Å². The summed E-state index contributed by atoms with van der Waals surface area (Å²) >= 11 is 7.58. The number of nitrogens with one attached hydrogen (secondary N) is 1. The largest absolute Gasteiger partial charge is 0.309 e. The average Bonchev–Trinajstić information content (AvgIpc) is 2.30. The molecule has 0 aliphatic carbocycles. The third-order valence-corrected chi connectivity index (χ3v) is 3.68. The van der Waals surface area contributed by atoms with Crippen molar-refractivity contribution in [3.05, 3.63) is 34.6 Å². The van der Waals surface area contributed by atoms with E-state index in [4.69, 9.17) is 11.6 Å². The van der Waals surface area contributed by atoms with Crippen molar-refractivity contribution in [3.8, 4) is 0 Å². The summed E-state index contributed by atoms with van der Waals surface area (Å²) < 4.78 is 13.8. The minimum atomic E-state index is -0.220. The van der Waals surface area contributed by atoms with Gasteiger partial charge in [0.1, 0.15) is 5.82 Å². The first-order chi connectivity index (χ1) is 8.19. The van der Waals surface area contributed by atoms with Gasteiger partial charge in [-0.05, 0) is 30.9 Å². The molecule has 1 aromatic carbocycles. The van der Waals surface area contributed by atoms with Crippen LogP contribution in [-0.2, 0) is 0 Å². The number of halogens is 2. The topological polar surface area (TPSA) is 12.0 Å². The highest BCUT2D eigenvalue weighted by molar-refractivity contribution is 7.99. The van der Waals surface area contributed by atoms with Crippen LogP contribution < -0.4 is 5.32 Å². The van der Waals surface area contributed by atoms with Gasteiger partial charge in [0.05, 0.1) is 0 Å². The highest BCUT2D eigenvalue weighted by atomic mass is 35.5. The van der Waals surface area contributed by atoms with E-state index in [1.165, 1.54) is 6.07 Å². The van der Waals surface area contributed by atoms with Crippen molar-refractivity contribution < 1.29 is 4.39 Å². The van der Waals surface area contributed by atoms with Gasteiger partial charge in [0.15, 0.2) is 0 Å². The first kappa shape index (κ1) is 14.8. The van der Waals surface area contributed by atoms with Crippen LogP contribution in [0.2, 0.25) is 5.02 Å². The van der Waals surface area contributed by atoms with Crippen LogP contribution in [0, 0.1) is 5.82 Å². The predicted octanol–water partition coefficient (Wildman–Crippen LogP) is 4.27. The molecule has 0 aliphatic rings. The Bertz CT molecular complexity index is 338. The molecule has 0 aliphatic heterocycles. The molecule has 0 heterocycles. The Morgan fingerprint density at radius 3 is 2.76 bits per heavy atom. The number of benzene rings is 1. The molecule has 0 bridgehead atoms. The molecule has 1 nitrogen and oxygen atoms in total. The van der Waals surface area contributed by atoms with E-state index in [-0.39, 0.29) is 11.9 Å². The molecule has 0 saturated heterocycles. The van der Waals surface area contributed by atoms with Crippen LogP contribution in [0.15, 0.2) is 18.2 Å². The molecule has 96 valence electrons. The lowest BCUT2D eigenvalue weighted by molar-refractivity contribution is 0.532. The van der Waals surface area contributed by atoms with Crippen molar-refractivity contribution in [1.82, 2.24) is 5.32 Å². The zero-order chi connectivity index (χ0) is 12.7. The smallest absolute Gasteiger partial charge is 0.129 e. The van der Waals surface area contributed by atoms with Gasteiger partial charge < -0.3 is 5.32 Å². The second-order valence-corrected chi connectivity index (χ2v) is 5.59. The van der Waals surface area contributed by atoms with Crippen LogP contribution in [0.3, 0.4) is 0 Å². The van der Waals surface area contributed by atoms with E-state index >= 15 is 0 Å². The Hall–Kier alpha value is -0.250. The maximum atomic E-state index is 13.8. The van der Waals surface area contributed by atoms with Crippen LogP contribution in [0.1, 0.15) is 31.9 Å². The molecule has 1 rings (SSSR count). The molecule has 1 atom stereocenters. The second-order valence-electron chi connectivity index (χ2n) is 3.83.